The quantitative estimate of drug-likeness (QED) is 0.588. The number of aryl methyl sites for hydroxylation is 2. The molecule has 0 fully saturated rings. The van der Waals surface area contributed by atoms with Gasteiger partial charge in [-0.1, -0.05) is 55.0 Å². The van der Waals surface area contributed by atoms with Crippen LogP contribution in [0.2, 0.25) is 0 Å². The number of Topliss-reactive ketones (excluding diaryl/α,β-unsaturated/α-hetero) is 1. The second kappa shape index (κ2) is 9.00. The molecule has 0 aliphatic rings. The summed E-state index contributed by atoms with van der Waals surface area (Å²) in [5, 5.41) is 2.85. The Bertz CT molecular complexity index is 960. The van der Waals surface area contributed by atoms with Gasteiger partial charge in [-0.05, 0) is 43.2 Å². The van der Waals surface area contributed by atoms with Crippen LogP contribution in [-0.2, 0) is 6.42 Å². The lowest BCUT2D eigenvalue weighted by Gasteiger charge is -2.09. The van der Waals surface area contributed by atoms with Gasteiger partial charge in [0.1, 0.15) is 5.75 Å². The van der Waals surface area contributed by atoms with Crippen molar-refractivity contribution in [1.29, 1.82) is 0 Å². The van der Waals surface area contributed by atoms with E-state index in [0.717, 1.165) is 12.0 Å². The molecule has 4 nitrogen and oxygen atoms in total. The van der Waals surface area contributed by atoms with Crippen molar-refractivity contribution in [3.05, 3.63) is 95.1 Å². The van der Waals surface area contributed by atoms with E-state index in [4.69, 9.17) is 4.74 Å². The Morgan fingerprint density at radius 2 is 1.57 bits per heavy atom. The van der Waals surface area contributed by atoms with Gasteiger partial charge in [-0.2, -0.15) is 0 Å². The number of nitrogens with one attached hydrogen (secondary N) is 1. The average Bonchev–Trinajstić information content (AvgIpc) is 2.73. The highest BCUT2D eigenvalue weighted by Gasteiger charge is 2.09. The largest absolute Gasteiger partial charge is 0.485 e. The number of anilines is 1. The fourth-order valence-electron chi connectivity index (χ4n) is 2.73. The van der Waals surface area contributed by atoms with Crippen molar-refractivity contribution in [1.82, 2.24) is 0 Å². The normalized spacial score (nSPS) is 10.4. The molecule has 0 heterocycles. The van der Waals surface area contributed by atoms with Crippen LogP contribution in [0, 0.1) is 6.92 Å². The summed E-state index contributed by atoms with van der Waals surface area (Å²) in [4.78, 5) is 24.6. The monoisotopic (exact) mass is 373 g/mol. The van der Waals surface area contributed by atoms with Gasteiger partial charge in [0.15, 0.2) is 12.4 Å². The molecule has 3 aromatic rings. The van der Waals surface area contributed by atoms with Gasteiger partial charge in [-0.25, -0.2) is 0 Å². The van der Waals surface area contributed by atoms with E-state index in [9.17, 15) is 9.59 Å². The van der Waals surface area contributed by atoms with Crippen LogP contribution in [0.25, 0.3) is 0 Å². The Hall–Kier alpha value is -3.40. The lowest BCUT2D eigenvalue weighted by molar-refractivity contribution is 0.0920. The van der Waals surface area contributed by atoms with Crippen LogP contribution in [0.1, 0.15) is 38.8 Å². The summed E-state index contributed by atoms with van der Waals surface area (Å²) in [6.45, 7) is 3.99. The molecule has 3 rings (SSSR count). The number of ether oxygens (including phenoxy) is 1. The van der Waals surface area contributed by atoms with Gasteiger partial charge in [0.05, 0.1) is 0 Å². The summed E-state index contributed by atoms with van der Waals surface area (Å²) < 4.78 is 5.62. The number of ketones is 1. The van der Waals surface area contributed by atoms with Crippen LogP contribution in [0.5, 0.6) is 5.75 Å². The van der Waals surface area contributed by atoms with Gasteiger partial charge in [-0.15, -0.1) is 0 Å². The van der Waals surface area contributed by atoms with E-state index in [1.807, 2.05) is 43.3 Å². The molecule has 0 unspecified atom stereocenters. The first-order chi connectivity index (χ1) is 13.5. The smallest absolute Gasteiger partial charge is 0.255 e. The molecular formula is C24H23NO3. The van der Waals surface area contributed by atoms with E-state index in [1.165, 1.54) is 5.56 Å². The third kappa shape index (κ3) is 5.07. The maximum Gasteiger partial charge on any atom is 0.255 e. The number of amides is 1. The summed E-state index contributed by atoms with van der Waals surface area (Å²) in [6.07, 6.45) is 0.937. The molecule has 28 heavy (non-hydrogen) atoms. The van der Waals surface area contributed by atoms with Crippen molar-refractivity contribution < 1.29 is 14.3 Å². The molecule has 3 aromatic carbocycles. The molecule has 0 aromatic heterocycles. The highest BCUT2D eigenvalue weighted by atomic mass is 16.5. The lowest BCUT2D eigenvalue weighted by atomic mass is 10.1. The maximum atomic E-state index is 12.3. The molecule has 0 spiro atoms. The van der Waals surface area contributed by atoms with Crippen molar-refractivity contribution in [3.63, 3.8) is 0 Å². The first-order valence-corrected chi connectivity index (χ1v) is 9.28. The molecule has 0 radical (unpaired) electrons. The lowest BCUT2D eigenvalue weighted by Crippen LogP contribution is -2.13. The summed E-state index contributed by atoms with van der Waals surface area (Å²) in [5.74, 6) is 0.251. The summed E-state index contributed by atoms with van der Waals surface area (Å²) in [5.41, 5.74) is 4.11. The summed E-state index contributed by atoms with van der Waals surface area (Å²) >= 11 is 0. The van der Waals surface area contributed by atoms with Crippen molar-refractivity contribution >= 4 is 17.4 Å². The van der Waals surface area contributed by atoms with Gasteiger partial charge < -0.3 is 10.1 Å². The van der Waals surface area contributed by atoms with Gasteiger partial charge in [-0.3, -0.25) is 9.59 Å². The highest BCUT2D eigenvalue weighted by Crippen LogP contribution is 2.19. The molecular weight excluding hydrogens is 350 g/mol. The minimum absolute atomic E-state index is 0.0547. The first-order valence-electron chi connectivity index (χ1n) is 9.28. The van der Waals surface area contributed by atoms with Crippen molar-refractivity contribution in [2.45, 2.75) is 20.3 Å². The SMILES string of the molecule is CCc1ccc(C(=O)COc2cccc(NC(=O)c3ccc(C)cc3)c2)cc1. The Kier molecular flexibility index (Phi) is 6.22. The topological polar surface area (TPSA) is 55.4 Å². The van der Waals surface area contributed by atoms with E-state index in [-0.39, 0.29) is 18.3 Å². The van der Waals surface area contributed by atoms with E-state index in [0.29, 0.717) is 22.6 Å². The maximum absolute atomic E-state index is 12.3. The second-order valence-corrected chi connectivity index (χ2v) is 6.61. The third-order valence-corrected chi connectivity index (χ3v) is 4.46. The number of benzene rings is 3. The average molecular weight is 373 g/mol. The molecule has 0 aliphatic carbocycles. The first kappa shape index (κ1) is 19.4. The predicted molar refractivity (Wildman–Crippen MR) is 111 cm³/mol. The van der Waals surface area contributed by atoms with Crippen molar-refractivity contribution in [2.24, 2.45) is 0 Å². The van der Waals surface area contributed by atoms with Crippen LogP contribution in [0.3, 0.4) is 0 Å². The number of carbonyl (C=O) groups excluding carboxylic acids is 2. The Labute approximate surface area is 165 Å². The van der Waals surface area contributed by atoms with Crippen LogP contribution in [-0.4, -0.2) is 18.3 Å². The molecule has 0 saturated carbocycles. The third-order valence-electron chi connectivity index (χ3n) is 4.46. The standard InChI is InChI=1S/C24H23NO3/c1-3-18-9-13-19(14-10-18)23(26)16-28-22-6-4-5-21(15-22)25-24(27)20-11-7-17(2)8-12-20/h4-15H,3,16H2,1-2H3,(H,25,27). The number of carbonyl (C=O) groups is 2. The Balaban J connectivity index is 1.60. The molecule has 1 amide bonds. The predicted octanol–water partition coefficient (Wildman–Crippen LogP) is 5.07. The number of hydrogen-bond donors (Lipinski definition) is 1. The Morgan fingerprint density at radius 3 is 2.25 bits per heavy atom. The summed E-state index contributed by atoms with van der Waals surface area (Å²) in [7, 11) is 0. The Morgan fingerprint density at radius 1 is 0.893 bits per heavy atom. The van der Waals surface area contributed by atoms with E-state index >= 15 is 0 Å². The molecule has 4 heteroatoms. The minimum Gasteiger partial charge on any atom is -0.485 e. The molecule has 142 valence electrons. The highest BCUT2D eigenvalue weighted by molar-refractivity contribution is 6.04. The van der Waals surface area contributed by atoms with Gasteiger partial charge in [0.25, 0.3) is 5.91 Å². The molecule has 0 bridgehead atoms. The van der Waals surface area contributed by atoms with Crippen molar-refractivity contribution in [2.75, 3.05) is 11.9 Å². The van der Waals surface area contributed by atoms with Crippen LogP contribution in [0.4, 0.5) is 5.69 Å². The fourth-order valence-corrected chi connectivity index (χ4v) is 2.73. The van der Waals surface area contributed by atoms with Gasteiger partial charge in [0, 0.05) is 22.9 Å². The van der Waals surface area contributed by atoms with Crippen molar-refractivity contribution in [3.8, 4) is 5.75 Å². The van der Waals surface area contributed by atoms with Crippen LogP contribution in [0.15, 0.2) is 72.8 Å². The van der Waals surface area contributed by atoms with Gasteiger partial charge >= 0.3 is 0 Å². The molecule has 0 aliphatic heterocycles. The van der Waals surface area contributed by atoms with Gasteiger partial charge in [0.2, 0.25) is 0 Å². The second-order valence-electron chi connectivity index (χ2n) is 6.61. The van der Waals surface area contributed by atoms with Crippen LogP contribution >= 0.6 is 0 Å². The fraction of sp³-hybridized carbons (Fsp3) is 0.167. The minimum atomic E-state index is -0.191. The molecule has 0 atom stereocenters. The zero-order valence-electron chi connectivity index (χ0n) is 16.1. The van der Waals surface area contributed by atoms with E-state index in [1.54, 1.807) is 36.4 Å². The van der Waals surface area contributed by atoms with Crippen LogP contribution < -0.4 is 10.1 Å². The zero-order valence-corrected chi connectivity index (χ0v) is 16.1. The number of hydrogen-bond acceptors (Lipinski definition) is 3. The zero-order chi connectivity index (χ0) is 19.9. The van der Waals surface area contributed by atoms with E-state index in [2.05, 4.69) is 12.2 Å². The molecule has 1 N–H and O–H groups in total. The van der Waals surface area contributed by atoms with E-state index < -0.39 is 0 Å². The number of rotatable bonds is 7. The molecule has 0 saturated heterocycles. The summed E-state index contributed by atoms with van der Waals surface area (Å²) in [6, 6.07) is 21.9.